The smallest absolute Gasteiger partial charge is 0.221 e. The Morgan fingerprint density at radius 1 is 1.57 bits per heavy atom. The number of fused-ring (bicyclic) bond motifs is 1. The molecule has 0 radical (unpaired) electrons. The molecule has 1 aliphatic rings. The standard InChI is InChI=1S/C10H10BrNO2/c1-6(13)12-10-7-4-5-14-9(7)3-2-8(10)11/h2-3H,4-5H2,1H3,(H,12,13). The maximum absolute atomic E-state index is 11.0. The number of hydrogen-bond acceptors (Lipinski definition) is 2. The molecule has 1 aromatic carbocycles. The van der Waals surface area contributed by atoms with E-state index >= 15 is 0 Å². The van der Waals surface area contributed by atoms with Crippen LogP contribution in [0.5, 0.6) is 5.75 Å². The van der Waals surface area contributed by atoms with Gasteiger partial charge in [-0.15, -0.1) is 0 Å². The summed E-state index contributed by atoms with van der Waals surface area (Å²) < 4.78 is 6.30. The summed E-state index contributed by atoms with van der Waals surface area (Å²) in [5, 5.41) is 2.81. The number of anilines is 1. The number of carbonyl (C=O) groups is 1. The molecule has 0 saturated heterocycles. The SMILES string of the molecule is CC(=O)Nc1c(Br)ccc2c1CCO2. The highest BCUT2D eigenvalue weighted by atomic mass is 79.9. The van der Waals surface area contributed by atoms with Crippen molar-refractivity contribution in [3.63, 3.8) is 0 Å². The van der Waals surface area contributed by atoms with Crippen molar-refractivity contribution in [1.82, 2.24) is 0 Å². The highest BCUT2D eigenvalue weighted by Gasteiger charge is 2.18. The van der Waals surface area contributed by atoms with Crippen molar-refractivity contribution in [2.24, 2.45) is 0 Å². The number of hydrogen-bond donors (Lipinski definition) is 1. The van der Waals surface area contributed by atoms with Gasteiger partial charge in [-0.3, -0.25) is 4.79 Å². The summed E-state index contributed by atoms with van der Waals surface area (Å²) >= 11 is 3.41. The van der Waals surface area contributed by atoms with Crippen molar-refractivity contribution in [3.8, 4) is 5.75 Å². The van der Waals surface area contributed by atoms with Crippen molar-refractivity contribution in [1.29, 1.82) is 0 Å². The first-order chi connectivity index (χ1) is 6.68. The second kappa shape index (κ2) is 3.61. The predicted octanol–water partition coefficient (Wildman–Crippen LogP) is 2.34. The molecule has 1 aromatic rings. The van der Waals surface area contributed by atoms with E-state index in [1.54, 1.807) is 0 Å². The number of nitrogens with one attached hydrogen (secondary N) is 1. The average Bonchev–Trinajstić information content (AvgIpc) is 2.57. The molecule has 0 spiro atoms. The van der Waals surface area contributed by atoms with Gasteiger partial charge in [0.1, 0.15) is 5.75 Å². The molecular weight excluding hydrogens is 246 g/mol. The lowest BCUT2D eigenvalue weighted by atomic mass is 10.1. The van der Waals surface area contributed by atoms with Crippen LogP contribution in [0.25, 0.3) is 0 Å². The zero-order valence-electron chi connectivity index (χ0n) is 7.76. The monoisotopic (exact) mass is 255 g/mol. The lowest BCUT2D eigenvalue weighted by Gasteiger charge is -2.09. The van der Waals surface area contributed by atoms with E-state index in [-0.39, 0.29) is 5.91 Å². The van der Waals surface area contributed by atoms with Gasteiger partial charge < -0.3 is 10.1 Å². The molecule has 3 nitrogen and oxygen atoms in total. The first-order valence-electron chi connectivity index (χ1n) is 4.40. The van der Waals surface area contributed by atoms with Gasteiger partial charge in [0.25, 0.3) is 0 Å². The van der Waals surface area contributed by atoms with Crippen molar-refractivity contribution < 1.29 is 9.53 Å². The minimum Gasteiger partial charge on any atom is -0.493 e. The number of amides is 1. The third kappa shape index (κ3) is 1.62. The molecule has 1 amide bonds. The van der Waals surface area contributed by atoms with Gasteiger partial charge in [0.2, 0.25) is 5.91 Å². The van der Waals surface area contributed by atoms with E-state index in [0.29, 0.717) is 6.61 Å². The molecule has 0 aromatic heterocycles. The molecule has 2 rings (SSSR count). The fraction of sp³-hybridized carbons (Fsp3) is 0.300. The van der Waals surface area contributed by atoms with E-state index in [9.17, 15) is 4.79 Å². The van der Waals surface area contributed by atoms with E-state index < -0.39 is 0 Å². The van der Waals surface area contributed by atoms with E-state index in [0.717, 1.165) is 27.9 Å². The van der Waals surface area contributed by atoms with Crippen LogP contribution in [-0.4, -0.2) is 12.5 Å². The van der Waals surface area contributed by atoms with Crippen molar-refractivity contribution in [2.75, 3.05) is 11.9 Å². The summed E-state index contributed by atoms with van der Waals surface area (Å²) in [5.41, 5.74) is 1.92. The summed E-state index contributed by atoms with van der Waals surface area (Å²) in [7, 11) is 0. The lowest BCUT2D eigenvalue weighted by Crippen LogP contribution is -2.08. The maximum atomic E-state index is 11.0. The molecule has 0 atom stereocenters. The van der Waals surface area contributed by atoms with E-state index in [1.807, 2.05) is 12.1 Å². The summed E-state index contributed by atoms with van der Waals surface area (Å²) in [5.74, 6) is 0.808. The molecule has 0 fully saturated rings. The number of ether oxygens (including phenoxy) is 1. The van der Waals surface area contributed by atoms with Crippen LogP contribution in [-0.2, 0) is 11.2 Å². The fourth-order valence-electron chi connectivity index (χ4n) is 1.56. The molecule has 74 valence electrons. The van der Waals surface area contributed by atoms with Crippen LogP contribution in [0.1, 0.15) is 12.5 Å². The third-order valence-corrected chi connectivity index (χ3v) is 2.79. The highest BCUT2D eigenvalue weighted by Crippen LogP contribution is 2.37. The quantitative estimate of drug-likeness (QED) is 0.837. The normalized spacial score (nSPS) is 13.3. The van der Waals surface area contributed by atoms with Crippen LogP contribution in [0.15, 0.2) is 16.6 Å². The first-order valence-corrected chi connectivity index (χ1v) is 5.19. The molecule has 0 unspecified atom stereocenters. The van der Waals surface area contributed by atoms with Crippen LogP contribution >= 0.6 is 15.9 Å². The summed E-state index contributed by atoms with van der Waals surface area (Å²) in [6.45, 7) is 2.19. The summed E-state index contributed by atoms with van der Waals surface area (Å²) in [6.07, 6.45) is 0.852. The van der Waals surface area contributed by atoms with Gasteiger partial charge in [-0.2, -0.15) is 0 Å². The van der Waals surface area contributed by atoms with Crippen molar-refractivity contribution in [2.45, 2.75) is 13.3 Å². The Balaban J connectivity index is 2.46. The Bertz CT molecular complexity index is 390. The molecule has 1 N–H and O–H groups in total. The fourth-order valence-corrected chi connectivity index (χ4v) is 2.03. The largest absolute Gasteiger partial charge is 0.493 e. The van der Waals surface area contributed by atoms with Gasteiger partial charge in [-0.05, 0) is 28.1 Å². The number of carbonyl (C=O) groups excluding carboxylic acids is 1. The maximum Gasteiger partial charge on any atom is 0.221 e. The Labute approximate surface area is 90.6 Å². The zero-order valence-corrected chi connectivity index (χ0v) is 9.35. The molecule has 14 heavy (non-hydrogen) atoms. The zero-order chi connectivity index (χ0) is 10.1. The third-order valence-electron chi connectivity index (χ3n) is 2.13. The molecular formula is C10H10BrNO2. The summed E-state index contributed by atoms with van der Waals surface area (Å²) in [4.78, 5) is 11.0. The minimum atomic E-state index is -0.0639. The van der Waals surface area contributed by atoms with Gasteiger partial charge in [-0.25, -0.2) is 0 Å². The first kappa shape index (κ1) is 9.52. The van der Waals surface area contributed by atoms with Crippen LogP contribution in [0, 0.1) is 0 Å². The minimum absolute atomic E-state index is 0.0639. The van der Waals surface area contributed by atoms with E-state index in [4.69, 9.17) is 4.74 Å². The molecule has 0 aliphatic carbocycles. The molecule has 1 heterocycles. The van der Waals surface area contributed by atoms with Gasteiger partial charge in [0.15, 0.2) is 0 Å². The molecule has 1 aliphatic heterocycles. The number of halogens is 1. The predicted molar refractivity (Wildman–Crippen MR) is 57.6 cm³/mol. The summed E-state index contributed by atoms with van der Waals surface area (Å²) in [6, 6.07) is 3.80. The van der Waals surface area contributed by atoms with Crippen LogP contribution in [0.4, 0.5) is 5.69 Å². The van der Waals surface area contributed by atoms with Crippen molar-refractivity contribution >= 4 is 27.5 Å². The van der Waals surface area contributed by atoms with Crippen LogP contribution in [0.3, 0.4) is 0 Å². The molecule has 0 bridgehead atoms. The highest BCUT2D eigenvalue weighted by molar-refractivity contribution is 9.10. The second-order valence-electron chi connectivity index (χ2n) is 3.18. The average molecular weight is 256 g/mol. The lowest BCUT2D eigenvalue weighted by molar-refractivity contribution is -0.114. The van der Waals surface area contributed by atoms with Crippen molar-refractivity contribution in [3.05, 3.63) is 22.2 Å². The van der Waals surface area contributed by atoms with Gasteiger partial charge in [0.05, 0.1) is 12.3 Å². The van der Waals surface area contributed by atoms with Crippen LogP contribution < -0.4 is 10.1 Å². The number of benzene rings is 1. The second-order valence-corrected chi connectivity index (χ2v) is 4.03. The number of rotatable bonds is 1. The Kier molecular flexibility index (Phi) is 2.46. The Morgan fingerprint density at radius 2 is 2.36 bits per heavy atom. The van der Waals surface area contributed by atoms with E-state index in [2.05, 4.69) is 21.2 Å². The van der Waals surface area contributed by atoms with Gasteiger partial charge in [0, 0.05) is 23.4 Å². The van der Waals surface area contributed by atoms with Crippen LogP contribution in [0.2, 0.25) is 0 Å². The van der Waals surface area contributed by atoms with E-state index in [1.165, 1.54) is 6.92 Å². The molecule has 4 heteroatoms. The topological polar surface area (TPSA) is 38.3 Å². The Hall–Kier alpha value is -1.03. The Morgan fingerprint density at radius 3 is 3.07 bits per heavy atom. The van der Waals surface area contributed by atoms with Gasteiger partial charge >= 0.3 is 0 Å². The van der Waals surface area contributed by atoms with Gasteiger partial charge in [-0.1, -0.05) is 0 Å². The molecule has 0 saturated carbocycles.